The molecule has 0 unspecified atom stereocenters. The Morgan fingerprint density at radius 3 is 2.75 bits per heavy atom. The lowest BCUT2D eigenvalue weighted by molar-refractivity contribution is -0.143. The molecule has 1 aromatic heterocycles. The van der Waals surface area contributed by atoms with E-state index in [1.54, 1.807) is 11.3 Å². The third-order valence-corrected chi connectivity index (χ3v) is 4.39. The van der Waals surface area contributed by atoms with Crippen molar-refractivity contribution in [1.82, 2.24) is 10.6 Å². The zero-order chi connectivity index (χ0) is 17.5. The van der Waals surface area contributed by atoms with Crippen molar-refractivity contribution >= 4 is 23.3 Å². The van der Waals surface area contributed by atoms with Crippen molar-refractivity contribution in [3.05, 3.63) is 22.4 Å². The summed E-state index contributed by atoms with van der Waals surface area (Å²) in [6.45, 7) is 6.96. The summed E-state index contributed by atoms with van der Waals surface area (Å²) >= 11 is 1.79. The maximum absolute atomic E-state index is 11.2. The van der Waals surface area contributed by atoms with Gasteiger partial charge in [0.05, 0.1) is 6.61 Å². The van der Waals surface area contributed by atoms with Crippen molar-refractivity contribution in [2.45, 2.75) is 52.4 Å². The van der Waals surface area contributed by atoms with Crippen LogP contribution in [0.25, 0.3) is 0 Å². The first kappa shape index (κ1) is 20.5. The van der Waals surface area contributed by atoms with Crippen LogP contribution in [0.4, 0.5) is 0 Å². The predicted molar refractivity (Wildman–Crippen MR) is 102 cm³/mol. The van der Waals surface area contributed by atoms with E-state index in [9.17, 15) is 4.79 Å². The highest BCUT2D eigenvalue weighted by Crippen LogP contribution is 2.08. The van der Waals surface area contributed by atoms with Gasteiger partial charge < -0.3 is 15.4 Å². The number of hydrogen-bond donors (Lipinski definition) is 2. The number of nitrogens with one attached hydrogen (secondary N) is 2. The van der Waals surface area contributed by atoms with Crippen LogP contribution in [0.15, 0.2) is 22.5 Å². The quantitative estimate of drug-likeness (QED) is 0.262. The summed E-state index contributed by atoms with van der Waals surface area (Å²) in [5.41, 5.74) is 0. The van der Waals surface area contributed by atoms with E-state index in [0.29, 0.717) is 13.0 Å². The standard InChI is InChI=1S/C18H31N3O2S/c1-3-19-18(21-14-12-16-10-9-15-24-16)20-13-8-6-5-7-11-17(22)23-4-2/h9-10,15H,3-8,11-14H2,1-2H3,(H2,19,20,21). The molecule has 0 bridgehead atoms. The molecule has 0 spiro atoms. The normalized spacial score (nSPS) is 11.3. The molecule has 0 aromatic carbocycles. The number of ether oxygens (including phenoxy) is 1. The smallest absolute Gasteiger partial charge is 0.305 e. The van der Waals surface area contributed by atoms with E-state index in [0.717, 1.165) is 57.7 Å². The number of esters is 1. The Morgan fingerprint density at radius 1 is 1.21 bits per heavy atom. The first-order valence-corrected chi connectivity index (χ1v) is 9.84. The van der Waals surface area contributed by atoms with Gasteiger partial charge >= 0.3 is 5.97 Å². The second-order valence-electron chi connectivity index (χ2n) is 5.49. The average molecular weight is 354 g/mol. The molecule has 0 aliphatic carbocycles. The van der Waals surface area contributed by atoms with Crippen LogP contribution < -0.4 is 10.6 Å². The lowest BCUT2D eigenvalue weighted by Crippen LogP contribution is -2.38. The predicted octanol–water partition coefficient (Wildman–Crippen LogP) is 3.36. The minimum atomic E-state index is -0.0834. The summed E-state index contributed by atoms with van der Waals surface area (Å²) in [6, 6.07) is 4.24. The molecule has 0 atom stereocenters. The highest BCUT2D eigenvalue weighted by atomic mass is 32.1. The Labute approximate surface area is 149 Å². The van der Waals surface area contributed by atoms with Crippen LogP contribution in [0.2, 0.25) is 0 Å². The molecule has 6 heteroatoms. The van der Waals surface area contributed by atoms with Crippen molar-refractivity contribution in [1.29, 1.82) is 0 Å². The number of aliphatic imine (C=N–C) groups is 1. The molecule has 5 nitrogen and oxygen atoms in total. The highest BCUT2D eigenvalue weighted by Gasteiger charge is 2.01. The molecule has 24 heavy (non-hydrogen) atoms. The molecule has 0 saturated heterocycles. The van der Waals surface area contributed by atoms with E-state index >= 15 is 0 Å². The lowest BCUT2D eigenvalue weighted by Gasteiger charge is -2.10. The van der Waals surface area contributed by atoms with Gasteiger partial charge in [0.25, 0.3) is 0 Å². The van der Waals surface area contributed by atoms with Gasteiger partial charge in [-0.3, -0.25) is 9.79 Å². The van der Waals surface area contributed by atoms with Crippen LogP contribution in [-0.2, 0) is 16.0 Å². The fourth-order valence-electron chi connectivity index (χ4n) is 2.26. The van der Waals surface area contributed by atoms with Crippen molar-refractivity contribution in [2.24, 2.45) is 4.99 Å². The van der Waals surface area contributed by atoms with Crippen LogP contribution in [-0.4, -0.2) is 38.2 Å². The summed E-state index contributed by atoms with van der Waals surface area (Å²) in [7, 11) is 0. The van der Waals surface area contributed by atoms with E-state index in [1.807, 2.05) is 6.92 Å². The molecule has 0 radical (unpaired) electrons. The number of nitrogens with zero attached hydrogens (tertiary/aromatic N) is 1. The van der Waals surface area contributed by atoms with Gasteiger partial charge in [0.2, 0.25) is 0 Å². The van der Waals surface area contributed by atoms with Gasteiger partial charge in [-0.1, -0.05) is 18.9 Å². The molecule has 2 N–H and O–H groups in total. The Bertz CT molecular complexity index is 461. The van der Waals surface area contributed by atoms with Crippen LogP contribution in [0, 0.1) is 0 Å². The van der Waals surface area contributed by atoms with Crippen molar-refractivity contribution in [3.8, 4) is 0 Å². The van der Waals surface area contributed by atoms with Gasteiger partial charge in [-0.05, 0) is 44.6 Å². The number of guanidine groups is 1. The molecule has 0 fully saturated rings. The number of thiophene rings is 1. The minimum absolute atomic E-state index is 0.0834. The summed E-state index contributed by atoms with van der Waals surface area (Å²) < 4.78 is 4.92. The third-order valence-electron chi connectivity index (χ3n) is 3.45. The Kier molecular flexibility index (Phi) is 11.8. The maximum atomic E-state index is 11.2. The summed E-state index contributed by atoms with van der Waals surface area (Å²) in [4.78, 5) is 17.2. The Balaban J connectivity index is 2.10. The topological polar surface area (TPSA) is 62.7 Å². The second-order valence-corrected chi connectivity index (χ2v) is 6.52. The van der Waals surface area contributed by atoms with Crippen molar-refractivity contribution in [3.63, 3.8) is 0 Å². The fourth-order valence-corrected chi connectivity index (χ4v) is 2.97. The first-order chi connectivity index (χ1) is 11.8. The Morgan fingerprint density at radius 2 is 2.04 bits per heavy atom. The first-order valence-electron chi connectivity index (χ1n) is 8.96. The molecule has 136 valence electrons. The molecule has 0 amide bonds. The van der Waals surface area contributed by atoms with Gasteiger partial charge in [-0.2, -0.15) is 0 Å². The van der Waals surface area contributed by atoms with Crippen LogP contribution in [0.3, 0.4) is 0 Å². The van der Waals surface area contributed by atoms with Gasteiger partial charge in [-0.15, -0.1) is 11.3 Å². The monoisotopic (exact) mass is 353 g/mol. The van der Waals surface area contributed by atoms with Crippen molar-refractivity contribution < 1.29 is 9.53 Å². The van der Waals surface area contributed by atoms with Crippen LogP contribution in [0.5, 0.6) is 0 Å². The van der Waals surface area contributed by atoms with E-state index in [1.165, 1.54) is 4.88 Å². The minimum Gasteiger partial charge on any atom is -0.466 e. The zero-order valence-corrected chi connectivity index (χ0v) is 15.8. The SMILES string of the molecule is CCNC(=NCCCCCCC(=O)OCC)NCCc1cccs1. The van der Waals surface area contributed by atoms with Gasteiger partial charge in [0.15, 0.2) is 5.96 Å². The average Bonchev–Trinajstić information content (AvgIpc) is 3.07. The zero-order valence-electron chi connectivity index (χ0n) is 15.0. The van der Waals surface area contributed by atoms with Crippen molar-refractivity contribution in [2.75, 3.05) is 26.2 Å². The fraction of sp³-hybridized carbons (Fsp3) is 0.667. The number of hydrogen-bond acceptors (Lipinski definition) is 4. The van der Waals surface area contributed by atoms with Gasteiger partial charge in [0.1, 0.15) is 0 Å². The van der Waals surface area contributed by atoms with E-state index in [2.05, 4.69) is 40.1 Å². The van der Waals surface area contributed by atoms with Crippen LogP contribution in [0.1, 0.15) is 50.8 Å². The number of carbonyl (C=O) groups excluding carboxylic acids is 1. The van der Waals surface area contributed by atoms with E-state index in [-0.39, 0.29) is 5.97 Å². The molecule has 0 saturated carbocycles. The van der Waals surface area contributed by atoms with Crippen LogP contribution >= 0.6 is 11.3 Å². The van der Waals surface area contributed by atoms with Gasteiger partial charge in [0, 0.05) is 30.9 Å². The number of unbranched alkanes of at least 4 members (excludes halogenated alkanes) is 3. The molecular weight excluding hydrogens is 322 g/mol. The number of rotatable bonds is 12. The lowest BCUT2D eigenvalue weighted by atomic mass is 10.1. The van der Waals surface area contributed by atoms with Gasteiger partial charge in [-0.25, -0.2) is 0 Å². The Hall–Kier alpha value is -1.56. The molecule has 0 aliphatic heterocycles. The third kappa shape index (κ3) is 10.3. The second kappa shape index (κ2) is 13.8. The van der Waals surface area contributed by atoms with E-state index in [4.69, 9.17) is 4.74 Å². The van der Waals surface area contributed by atoms with E-state index < -0.39 is 0 Å². The molecule has 1 heterocycles. The number of carbonyl (C=O) groups is 1. The summed E-state index contributed by atoms with van der Waals surface area (Å²) in [5, 5.41) is 8.76. The highest BCUT2D eigenvalue weighted by molar-refractivity contribution is 7.09. The maximum Gasteiger partial charge on any atom is 0.305 e. The summed E-state index contributed by atoms with van der Waals surface area (Å²) in [5.74, 6) is 0.806. The summed E-state index contributed by atoms with van der Waals surface area (Å²) in [6.07, 6.45) is 5.65. The molecule has 0 aliphatic rings. The molecule has 1 aromatic rings. The largest absolute Gasteiger partial charge is 0.466 e. The molecular formula is C18H31N3O2S. The molecule has 1 rings (SSSR count).